The Morgan fingerprint density at radius 1 is 1.08 bits per heavy atom. The van der Waals surface area contributed by atoms with Crippen LogP contribution in [-0.2, 0) is 16.0 Å². The van der Waals surface area contributed by atoms with Crippen LogP contribution in [0.2, 0.25) is 0 Å². The van der Waals surface area contributed by atoms with Gasteiger partial charge in [-0.3, -0.25) is 15.0 Å². The van der Waals surface area contributed by atoms with E-state index in [1.807, 2.05) is 24.3 Å². The van der Waals surface area contributed by atoms with E-state index in [1.54, 1.807) is 12.4 Å². The third-order valence-electron chi connectivity index (χ3n) is 3.65. The predicted molar refractivity (Wildman–Crippen MR) is 99.6 cm³/mol. The van der Waals surface area contributed by atoms with E-state index < -0.39 is 0 Å². The maximum absolute atomic E-state index is 11.7. The summed E-state index contributed by atoms with van der Waals surface area (Å²) in [5.41, 5.74) is 13.1. The molecule has 26 heavy (non-hydrogen) atoms. The van der Waals surface area contributed by atoms with E-state index in [4.69, 9.17) is 16.9 Å². The Hall–Kier alpha value is -3.29. The molecule has 0 aliphatic heterocycles. The molecule has 0 aliphatic rings. The molecule has 0 spiro atoms. The second kappa shape index (κ2) is 9.26. The van der Waals surface area contributed by atoms with Gasteiger partial charge in [-0.1, -0.05) is 24.3 Å². The van der Waals surface area contributed by atoms with Crippen LogP contribution in [-0.4, -0.2) is 34.0 Å². The number of nitrogens with two attached hydrogens (primary N) is 2. The average Bonchev–Trinajstić information content (AvgIpc) is 2.60. The van der Waals surface area contributed by atoms with Crippen LogP contribution in [0.15, 0.2) is 36.7 Å². The Kier molecular flexibility index (Phi) is 6.78. The van der Waals surface area contributed by atoms with E-state index in [-0.39, 0.29) is 30.4 Å². The summed E-state index contributed by atoms with van der Waals surface area (Å²) < 4.78 is 0. The molecule has 2 aromatic rings. The first-order valence-electron chi connectivity index (χ1n) is 8.22. The molecule has 0 unspecified atom stereocenters. The number of nitrogens with one attached hydrogen (secondary N) is 2. The highest BCUT2D eigenvalue weighted by Crippen LogP contribution is 2.20. The second-order valence-corrected chi connectivity index (χ2v) is 5.88. The van der Waals surface area contributed by atoms with Crippen molar-refractivity contribution in [2.45, 2.75) is 25.7 Å². The van der Waals surface area contributed by atoms with E-state index in [0.29, 0.717) is 25.3 Å². The standard InChI is InChI=1S/C18H22N6O2/c19-16(20)9-15(25)5-4-12-2-1-3-13(8-12)14-10-23-18(24-11-14)22-7-6-17(21)26/h1-3,8,10-11H,4-7,9H2,(H3,19,20)(H2,21,26)(H,22,23,24). The number of amides is 1. The summed E-state index contributed by atoms with van der Waals surface area (Å²) in [5, 5.41) is 10.1. The number of anilines is 1. The molecule has 6 N–H and O–H groups in total. The summed E-state index contributed by atoms with van der Waals surface area (Å²) in [5.74, 6) is -0.100. The number of benzene rings is 1. The number of amidine groups is 1. The minimum absolute atomic E-state index is 0.00224. The maximum atomic E-state index is 11.7. The zero-order valence-electron chi connectivity index (χ0n) is 14.4. The first-order chi connectivity index (χ1) is 12.4. The van der Waals surface area contributed by atoms with Gasteiger partial charge in [0, 0.05) is 37.3 Å². The van der Waals surface area contributed by atoms with Crippen molar-refractivity contribution >= 4 is 23.5 Å². The van der Waals surface area contributed by atoms with Gasteiger partial charge in [-0.2, -0.15) is 0 Å². The number of aromatic nitrogens is 2. The largest absolute Gasteiger partial charge is 0.387 e. The number of carbonyl (C=O) groups excluding carboxylic acids is 2. The summed E-state index contributed by atoms with van der Waals surface area (Å²) in [6.07, 6.45) is 4.54. The van der Waals surface area contributed by atoms with Gasteiger partial charge in [-0.15, -0.1) is 0 Å². The van der Waals surface area contributed by atoms with Crippen molar-refractivity contribution in [3.05, 3.63) is 42.2 Å². The van der Waals surface area contributed by atoms with Crippen LogP contribution >= 0.6 is 0 Å². The van der Waals surface area contributed by atoms with Gasteiger partial charge in [0.15, 0.2) is 0 Å². The summed E-state index contributed by atoms with van der Waals surface area (Å²) in [6.45, 7) is 0.387. The zero-order valence-corrected chi connectivity index (χ0v) is 14.4. The van der Waals surface area contributed by atoms with E-state index in [9.17, 15) is 9.59 Å². The zero-order chi connectivity index (χ0) is 18.9. The molecular formula is C18H22N6O2. The summed E-state index contributed by atoms with van der Waals surface area (Å²) in [4.78, 5) is 30.8. The Balaban J connectivity index is 1.97. The summed E-state index contributed by atoms with van der Waals surface area (Å²) >= 11 is 0. The Labute approximate surface area is 151 Å². The van der Waals surface area contributed by atoms with Gasteiger partial charge in [0.05, 0.1) is 12.3 Å². The predicted octanol–water partition coefficient (Wildman–Crippen LogP) is 1.26. The number of carbonyl (C=O) groups is 2. The number of primary amides is 1. The molecule has 1 heterocycles. The number of nitrogens with zero attached hydrogens (tertiary/aromatic N) is 2. The minimum atomic E-state index is -0.382. The number of Topliss-reactive ketones (excluding diaryl/α,β-unsaturated/α-hetero) is 1. The van der Waals surface area contributed by atoms with E-state index >= 15 is 0 Å². The lowest BCUT2D eigenvalue weighted by Gasteiger charge is -2.07. The lowest BCUT2D eigenvalue weighted by Crippen LogP contribution is -2.16. The van der Waals surface area contributed by atoms with Crippen LogP contribution in [0.4, 0.5) is 5.95 Å². The van der Waals surface area contributed by atoms with E-state index in [1.165, 1.54) is 0 Å². The van der Waals surface area contributed by atoms with Crippen LogP contribution in [0.5, 0.6) is 0 Å². The number of hydrogen-bond acceptors (Lipinski definition) is 6. The van der Waals surface area contributed by atoms with Gasteiger partial charge in [-0.25, -0.2) is 9.97 Å². The SMILES string of the molecule is N=C(N)CC(=O)CCc1cccc(-c2cnc(NCCC(N)=O)nc2)c1. The molecule has 0 bridgehead atoms. The van der Waals surface area contributed by atoms with Gasteiger partial charge < -0.3 is 16.8 Å². The van der Waals surface area contributed by atoms with Crippen LogP contribution in [0.3, 0.4) is 0 Å². The van der Waals surface area contributed by atoms with Gasteiger partial charge in [-0.05, 0) is 17.5 Å². The second-order valence-electron chi connectivity index (χ2n) is 5.88. The molecule has 1 amide bonds. The highest BCUT2D eigenvalue weighted by atomic mass is 16.1. The molecule has 8 heteroatoms. The van der Waals surface area contributed by atoms with Crippen LogP contribution < -0.4 is 16.8 Å². The molecular weight excluding hydrogens is 332 g/mol. The fourth-order valence-corrected chi connectivity index (χ4v) is 2.36. The van der Waals surface area contributed by atoms with Crippen molar-refractivity contribution < 1.29 is 9.59 Å². The third-order valence-corrected chi connectivity index (χ3v) is 3.65. The monoisotopic (exact) mass is 354 g/mol. The number of aryl methyl sites for hydroxylation is 1. The van der Waals surface area contributed by atoms with Gasteiger partial charge in [0.25, 0.3) is 0 Å². The molecule has 1 aromatic heterocycles. The third kappa shape index (κ3) is 6.31. The van der Waals surface area contributed by atoms with Crippen molar-refractivity contribution in [2.75, 3.05) is 11.9 Å². The quantitative estimate of drug-likeness (QED) is 0.373. The van der Waals surface area contributed by atoms with Gasteiger partial charge in [0.1, 0.15) is 5.78 Å². The molecule has 8 nitrogen and oxygen atoms in total. The lowest BCUT2D eigenvalue weighted by atomic mass is 10.0. The normalized spacial score (nSPS) is 10.3. The van der Waals surface area contributed by atoms with Gasteiger partial charge >= 0.3 is 0 Å². The number of ketones is 1. The van der Waals surface area contributed by atoms with Crippen LogP contribution in [0.1, 0.15) is 24.8 Å². The molecule has 0 saturated heterocycles. The van der Waals surface area contributed by atoms with E-state index in [0.717, 1.165) is 16.7 Å². The molecule has 0 saturated carbocycles. The average molecular weight is 354 g/mol. The Bertz CT molecular complexity index is 789. The Morgan fingerprint density at radius 2 is 1.81 bits per heavy atom. The van der Waals surface area contributed by atoms with Crippen molar-refractivity contribution in [1.29, 1.82) is 5.41 Å². The first kappa shape index (κ1) is 19.0. The van der Waals surface area contributed by atoms with E-state index in [2.05, 4.69) is 15.3 Å². The fourth-order valence-electron chi connectivity index (χ4n) is 2.36. The summed E-state index contributed by atoms with van der Waals surface area (Å²) in [6, 6.07) is 7.80. The molecule has 2 rings (SSSR count). The topological polar surface area (TPSA) is 148 Å². The van der Waals surface area contributed by atoms with Crippen molar-refractivity contribution in [3.63, 3.8) is 0 Å². The molecule has 0 radical (unpaired) electrons. The molecule has 0 fully saturated rings. The minimum Gasteiger partial charge on any atom is -0.387 e. The molecule has 0 atom stereocenters. The highest BCUT2D eigenvalue weighted by Gasteiger charge is 2.06. The Morgan fingerprint density at radius 3 is 2.46 bits per heavy atom. The number of rotatable bonds is 10. The highest BCUT2D eigenvalue weighted by molar-refractivity contribution is 5.98. The smallest absolute Gasteiger partial charge is 0.222 e. The lowest BCUT2D eigenvalue weighted by molar-refractivity contribution is -0.118. The fraction of sp³-hybridized carbons (Fsp3) is 0.278. The van der Waals surface area contributed by atoms with Crippen LogP contribution in [0.25, 0.3) is 11.1 Å². The van der Waals surface area contributed by atoms with Crippen molar-refractivity contribution in [2.24, 2.45) is 11.5 Å². The number of hydrogen-bond donors (Lipinski definition) is 4. The first-order valence-corrected chi connectivity index (χ1v) is 8.22. The van der Waals surface area contributed by atoms with Gasteiger partial charge in [0.2, 0.25) is 11.9 Å². The summed E-state index contributed by atoms with van der Waals surface area (Å²) in [7, 11) is 0. The molecule has 0 aliphatic carbocycles. The molecule has 136 valence electrons. The van der Waals surface area contributed by atoms with Crippen molar-refractivity contribution in [1.82, 2.24) is 9.97 Å². The maximum Gasteiger partial charge on any atom is 0.222 e. The molecule has 1 aromatic carbocycles. The van der Waals surface area contributed by atoms with Crippen LogP contribution in [0, 0.1) is 5.41 Å². The van der Waals surface area contributed by atoms with Crippen molar-refractivity contribution in [3.8, 4) is 11.1 Å².